The third-order valence-corrected chi connectivity index (χ3v) is 8.85. The van der Waals surface area contributed by atoms with Crippen LogP contribution in [-0.2, 0) is 23.7 Å². The summed E-state index contributed by atoms with van der Waals surface area (Å²) < 4.78 is 0. The zero-order valence-electron chi connectivity index (χ0n) is 19.4. The summed E-state index contributed by atoms with van der Waals surface area (Å²) in [6, 6.07) is 7.22. The van der Waals surface area contributed by atoms with E-state index in [9.17, 15) is 19.8 Å². The van der Waals surface area contributed by atoms with Crippen molar-refractivity contribution in [3.63, 3.8) is 0 Å². The lowest BCUT2D eigenvalue weighted by molar-refractivity contribution is -0.126. The van der Waals surface area contributed by atoms with Crippen LogP contribution in [0.3, 0.4) is 0 Å². The normalized spacial score (nSPS) is 33.2. The van der Waals surface area contributed by atoms with E-state index in [1.807, 2.05) is 12.1 Å². The molecular formula is C26H31N3O4. The molecule has 1 amide bonds. The van der Waals surface area contributed by atoms with Crippen LogP contribution in [-0.4, -0.2) is 57.8 Å². The number of nitrogens with one attached hydrogen (secondary N) is 2. The number of phenols is 1. The molecule has 1 saturated heterocycles. The first kappa shape index (κ1) is 20.9. The molecule has 7 heteroatoms. The van der Waals surface area contributed by atoms with Crippen LogP contribution >= 0.6 is 0 Å². The van der Waals surface area contributed by atoms with Gasteiger partial charge < -0.3 is 20.5 Å². The first-order valence-electron chi connectivity index (χ1n) is 11.9. The van der Waals surface area contributed by atoms with E-state index in [0.29, 0.717) is 25.3 Å². The number of likely N-dealkylation sites (N-methyl/N-ethyl adjacent to an activating group) is 1. The second-order valence-corrected chi connectivity index (χ2v) is 11.2. The van der Waals surface area contributed by atoms with E-state index < -0.39 is 11.0 Å². The van der Waals surface area contributed by atoms with Crippen molar-refractivity contribution in [3.8, 4) is 5.75 Å². The minimum absolute atomic E-state index is 0.0227. The molecule has 4 N–H and O–H groups in total. The fraction of sp³-hybridized carbons (Fsp3) is 0.538. The number of aliphatic hydroxyl groups is 1. The summed E-state index contributed by atoms with van der Waals surface area (Å²) >= 11 is 0. The van der Waals surface area contributed by atoms with Crippen LogP contribution in [0.1, 0.15) is 59.4 Å². The zero-order chi connectivity index (χ0) is 23.3. The van der Waals surface area contributed by atoms with Crippen LogP contribution in [0.5, 0.6) is 5.75 Å². The molecule has 2 spiro atoms. The average Bonchev–Trinajstić information content (AvgIpc) is 3.09. The molecular weight excluding hydrogens is 418 g/mol. The minimum atomic E-state index is -1.03. The average molecular weight is 450 g/mol. The van der Waals surface area contributed by atoms with E-state index in [2.05, 4.69) is 36.1 Å². The Balaban J connectivity index is 1.43. The Bertz CT molecular complexity index is 1250. The maximum absolute atomic E-state index is 12.9. The van der Waals surface area contributed by atoms with Gasteiger partial charge in [0.2, 0.25) is 0 Å². The van der Waals surface area contributed by atoms with Gasteiger partial charge in [0.1, 0.15) is 11.3 Å². The number of carbonyl (C=O) groups excluding carboxylic acids is 1. The first-order chi connectivity index (χ1) is 15.6. The van der Waals surface area contributed by atoms with E-state index >= 15 is 0 Å². The van der Waals surface area contributed by atoms with Crippen LogP contribution in [0.2, 0.25) is 0 Å². The Hall–Kier alpha value is -2.64. The Kier molecular flexibility index (Phi) is 4.11. The molecule has 4 atom stereocenters. The Labute approximate surface area is 192 Å². The molecule has 2 unspecified atom stereocenters. The quantitative estimate of drug-likeness (QED) is 0.567. The maximum atomic E-state index is 12.9. The highest BCUT2D eigenvalue weighted by atomic mass is 16.3. The van der Waals surface area contributed by atoms with Gasteiger partial charge in [-0.25, -0.2) is 0 Å². The molecule has 2 bridgehead atoms. The van der Waals surface area contributed by atoms with Crippen LogP contribution in [0.25, 0.3) is 0 Å². The smallest absolute Gasteiger partial charge is 0.261 e. The van der Waals surface area contributed by atoms with Gasteiger partial charge in [0.25, 0.3) is 11.5 Å². The highest BCUT2D eigenvalue weighted by molar-refractivity contribution is 5.94. The Morgan fingerprint density at radius 1 is 1.27 bits per heavy atom. The summed E-state index contributed by atoms with van der Waals surface area (Å²) in [4.78, 5) is 30.8. The molecule has 1 aromatic heterocycles. The lowest BCUT2D eigenvalue weighted by atomic mass is 9.55. The number of likely N-dealkylation sites (tertiary alicyclic amines) is 1. The van der Waals surface area contributed by atoms with Crippen LogP contribution in [0.15, 0.2) is 29.1 Å². The van der Waals surface area contributed by atoms with Gasteiger partial charge in [0.05, 0.1) is 11.6 Å². The third-order valence-electron chi connectivity index (χ3n) is 8.85. The lowest BCUT2D eigenvalue weighted by Gasteiger charge is -2.61. The largest absolute Gasteiger partial charge is 0.508 e. The van der Waals surface area contributed by atoms with E-state index in [-0.39, 0.29) is 34.2 Å². The molecule has 1 aromatic carbocycles. The number of benzene rings is 1. The number of aromatic nitrogens is 1. The summed E-state index contributed by atoms with van der Waals surface area (Å²) in [6.07, 6.45) is 2.52. The van der Waals surface area contributed by atoms with E-state index in [4.69, 9.17) is 0 Å². The molecule has 4 aliphatic rings. The zero-order valence-corrected chi connectivity index (χ0v) is 19.4. The summed E-state index contributed by atoms with van der Waals surface area (Å²) in [5.74, 6) is 0.295. The maximum Gasteiger partial charge on any atom is 0.261 e. The summed E-state index contributed by atoms with van der Waals surface area (Å²) in [5, 5.41) is 25.4. The van der Waals surface area contributed by atoms with Gasteiger partial charge in [-0.2, -0.15) is 0 Å². The molecule has 3 aliphatic carbocycles. The van der Waals surface area contributed by atoms with Crippen LogP contribution in [0, 0.1) is 5.92 Å². The van der Waals surface area contributed by atoms with Gasteiger partial charge in [-0.15, -0.1) is 0 Å². The van der Waals surface area contributed by atoms with Gasteiger partial charge in [-0.3, -0.25) is 14.5 Å². The van der Waals surface area contributed by atoms with Crippen LogP contribution < -0.4 is 10.9 Å². The summed E-state index contributed by atoms with van der Waals surface area (Å²) in [6.45, 7) is 5.57. The molecule has 2 fully saturated rings. The predicted molar refractivity (Wildman–Crippen MR) is 124 cm³/mol. The lowest BCUT2D eigenvalue weighted by Crippen LogP contribution is -2.74. The summed E-state index contributed by atoms with van der Waals surface area (Å²) in [5.41, 5.74) is 1.85. The molecule has 7 nitrogen and oxygen atoms in total. The molecule has 1 aliphatic heterocycles. The second kappa shape index (κ2) is 6.48. The number of rotatable bonds is 4. The summed E-state index contributed by atoms with van der Waals surface area (Å²) in [7, 11) is 2.05. The van der Waals surface area contributed by atoms with Gasteiger partial charge in [-0.05, 0) is 60.7 Å². The van der Waals surface area contributed by atoms with Crippen molar-refractivity contribution in [3.05, 3.63) is 62.6 Å². The Morgan fingerprint density at radius 3 is 2.79 bits per heavy atom. The number of amides is 1. The number of aromatic amines is 1. The fourth-order valence-electron chi connectivity index (χ4n) is 7.71. The third kappa shape index (κ3) is 2.47. The standard InChI is InChI=1S/C26H31N3O4/c1-14(2)6-7-27-21(31)17-8-15-10-26(33)23-24(13-29(23)3)12-25(26,11-20(15)28-22(17)32)19-9-16(30)4-5-18(19)24/h4-5,8-9,14,23,30,33H,6-7,10-13H2,1-3H3,(H,27,31)(H,28,32)/t23-,24?,25+,26?/m1/s1. The van der Waals surface area contributed by atoms with Crippen molar-refractivity contribution in [1.82, 2.24) is 15.2 Å². The van der Waals surface area contributed by atoms with Crippen molar-refractivity contribution in [1.29, 1.82) is 0 Å². The van der Waals surface area contributed by atoms with E-state index in [1.54, 1.807) is 12.1 Å². The van der Waals surface area contributed by atoms with E-state index in [1.165, 1.54) is 5.56 Å². The van der Waals surface area contributed by atoms with Gasteiger partial charge in [0, 0.05) is 42.5 Å². The first-order valence-corrected chi connectivity index (χ1v) is 11.9. The number of phenolic OH excluding ortho intramolecular Hbond substituents is 1. The minimum Gasteiger partial charge on any atom is -0.508 e. The van der Waals surface area contributed by atoms with Crippen molar-refractivity contribution >= 4 is 5.91 Å². The SMILES string of the molecule is CC(C)CCNC(=O)c1cc2c([nH]c1=O)C[C@@]13CC4(CN(C)[C@H]4C1(O)C2)c1ccc(O)cc13. The number of carbonyl (C=O) groups is 1. The fourth-order valence-corrected chi connectivity index (χ4v) is 7.71. The van der Waals surface area contributed by atoms with Crippen molar-refractivity contribution < 1.29 is 15.0 Å². The number of hydrogen-bond acceptors (Lipinski definition) is 5. The number of nitrogens with zero attached hydrogens (tertiary/aromatic N) is 1. The van der Waals surface area contributed by atoms with Gasteiger partial charge in [-0.1, -0.05) is 19.9 Å². The molecule has 2 aromatic rings. The highest BCUT2D eigenvalue weighted by Gasteiger charge is 2.80. The van der Waals surface area contributed by atoms with Gasteiger partial charge in [0.15, 0.2) is 0 Å². The number of H-pyrrole nitrogens is 1. The topological polar surface area (TPSA) is 106 Å². The molecule has 1 saturated carbocycles. The number of pyridine rings is 1. The van der Waals surface area contributed by atoms with Crippen molar-refractivity contribution in [2.24, 2.45) is 5.92 Å². The molecule has 2 heterocycles. The number of fused-ring (bicyclic) bond motifs is 3. The predicted octanol–water partition coefficient (Wildman–Crippen LogP) is 1.59. The monoisotopic (exact) mass is 449 g/mol. The number of hydrogen-bond donors (Lipinski definition) is 4. The number of aromatic hydroxyl groups is 1. The van der Waals surface area contributed by atoms with Crippen LogP contribution in [0.4, 0.5) is 0 Å². The van der Waals surface area contributed by atoms with Gasteiger partial charge >= 0.3 is 0 Å². The second-order valence-electron chi connectivity index (χ2n) is 11.2. The van der Waals surface area contributed by atoms with Crippen molar-refractivity contribution in [2.45, 2.75) is 62.0 Å². The van der Waals surface area contributed by atoms with E-state index in [0.717, 1.165) is 36.2 Å². The molecule has 6 rings (SSSR count). The Morgan fingerprint density at radius 2 is 2.06 bits per heavy atom. The molecule has 174 valence electrons. The highest BCUT2D eigenvalue weighted by Crippen LogP contribution is 2.72. The van der Waals surface area contributed by atoms with Crippen molar-refractivity contribution in [2.75, 3.05) is 20.1 Å². The molecule has 0 radical (unpaired) electrons. The molecule has 33 heavy (non-hydrogen) atoms.